The van der Waals surface area contributed by atoms with E-state index in [0.717, 1.165) is 13.1 Å². The van der Waals surface area contributed by atoms with Crippen molar-refractivity contribution in [2.75, 3.05) is 25.5 Å². The minimum absolute atomic E-state index is 0.998. The minimum Gasteiger partial charge on any atom is -0.375 e. The molecule has 0 aliphatic heterocycles. The highest BCUT2D eigenvalue weighted by molar-refractivity contribution is 7.14. The summed E-state index contributed by atoms with van der Waals surface area (Å²) < 4.78 is 0. The van der Waals surface area contributed by atoms with Crippen molar-refractivity contribution in [2.45, 2.75) is 6.92 Å². The normalized spacial score (nSPS) is 10.0. The predicted octanol–water partition coefficient (Wildman–Crippen LogP) is 1.69. The van der Waals surface area contributed by atoms with Crippen LogP contribution >= 0.6 is 11.3 Å². The highest BCUT2D eigenvalue weighted by atomic mass is 32.1. The summed E-state index contributed by atoms with van der Waals surface area (Å²) in [7, 11) is 1.96. The van der Waals surface area contributed by atoms with Crippen LogP contribution in [0.2, 0.25) is 0 Å². The number of aryl methyl sites for hydroxylation is 1. The largest absolute Gasteiger partial charge is 0.375 e. The van der Waals surface area contributed by atoms with Crippen LogP contribution in [0.1, 0.15) is 5.56 Å². The van der Waals surface area contributed by atoms with Gasteiger partial charge in [0.25, 0.3) is 0 Å². The van der Waals surface area contributed by atoms with E-state index in [1.807, 2.05) is 7.05 Å². The van der Waals surface area contributed by atoms with Gasteiger partial charge in [-0.25, -0.2) is 0 Å². The zero-order valence-corrected chi connectivity index (χ0v) is 7.79. The monoisotopic (exact) mass is 170 g/mol. The van der Waals surface area contributed by atoms with Gasteiger partial charge in [-0.3, -0.25) is 0 Å². The van der Waals surface area contributed by atoms with Crippen molar-refractivity contribution < 1.29 is 0 Å². The van der Waals surface area contributed by atoms with Crippen molar-refractivity contribution in [1.82, 2.24) is 5.32 Å². The predicted molar refractivity (Wildman–Crippen MR) is 51.5 cm³/mol. The Morgan fingerprint density at radius 1 is 1.45 bits per heavy atom. The lowest BCUT2D eigenvalue weighted by molar-refractivity contribution is 0.824. The van der Waals surface area contributed by atoms with E-state index in [0.29, 0.717) is 0 Å². The molecule has 0 aliphatic rings. The molecule has 1 heterocycles. The quantitative estimate of drug-likeness (QED) is 0.672. The summed E-state index contributed by atoms with van der Waals surface area (Å²) in [5.41, 5.74) is 1.34. The highest BCUT2D eigenvalue weighted by Crippen LogP contribution is 2.20. The topological polar surface area (TPSA) is 24.1 Å². The first kappa shape index (κ1) is 8.56. The lowest BCUT2D eigenvalue weighted by atomic mass is 10.4. The van der Waals surface area contributed by atoms with Crippen LogP contribution in [0, 0.1) is 6.92 Å². The zero-order chi connectivity index (χ0) is 8.10. The smallest absolute Gasteiger partial charge is 0.0912 e. The van der Waals surface area contributed by atoms with Gasteiger partial charge in [0.1, 0.15) is 0 Å². The van der Waals surface area contributed by atoms with E-state index in [1.54, 1.807) is 11.3 Å². The Kier molecular flexibility index (Phi) is 3.39. The second kappa shape index (κ2) is 4.36. The molecule has 0 saturated carbocycles. The van der Waals surface area contributed by atoms with E-state index in [2.05, 4.69) is 29.0 Å². The van der Waals surface area contributed by atoms with E-state index < -0.39 is 0 Å². The molecule has 1 aromatic rings. The molecular formula is C8H14N2S. The van der Waals surface area contributed by atoms with Gasteiger partial charge in [0.15, 0.2) is 0 Å². The van der Waals surface area contributed by atoms with Gasteiger partial charge in [0.2, 0.25) is 0 Å². The van der Waals surface area contributed by atoms with Gasteiger partial charge in [0.05, 0.1) is 5.00 Å². The molecule has 0 aliphatic carbocycles. The molecule has 1 aromatic heterocycles. The second-order valence-corrected chi connectivity index (χ2v) is 3.38. The maximum absolute atomic E-state index is 3.35. The van der Waals surface area contributed by atoms with Crippen molar-refractivity contribution >= 4 is 16.3 Å². The molecule has 0 saturated heterocycles. The van der Waals surface area contributed by atoms with Crippen molar-refractivity contribution in [3.63, 3.8) is 0 Å². The highest BCUT2D eigenvalue weighted by Gasteiger charge is 1.95. The molecule has 11 heavy (non-hydrogen) atoms. The van der Waals surface area contributed by atoms with Gasteiger partial charge in [0, 0.05) is 13.1 Å². The van der Waals surface area contributed by atoms with Crippen molar-refractivity contribution in [3.05, 3.63) is 17.0 Å². The van der Waals surface area contributed by atoms with Crippen molar-refractivity contribution in [2.24, 2.45) is 0 Å². The van der Waals surface area contributed by atoms with Gasteiger partial charge in [-0.2, -0.15) is 0 Å². The molecule has 0 unspecified atom stereocenters. The average Bonchev–Trinajstić information content (AvgIpc) is 2.37. The Hall–Kier alpha value is -0.540. The van der Waals surface area contributed by atoms with E-state index in [4.69, 9.17) is 0 Å². The number of thiophene rings is 1. The van der Waals surface area contributed by atoms with Gasteiger partial charge in [-0.1, -0.05) is 0 Å². The number of nitrogens with one attached hydrogen (secondary N) is 2. The Bertz CT molecular complexity index is 208. The van der Waals surface area contributed by atoms with Crippen LogP contribution in [-0.2, 0) is 0 Å². The first-order chi connectivity index (χ1) is 5.34. The van der Waals surface area contributed by atoms with E-state index >= 15 is 0 Å². The van der Waals surface area contributed by atoms with Crippen LogP contribution in [0.25, 0.3) is 0 Å². The molecule has 0 amide bonds. The minimum atomic E-state index is 0.998. The first-order valence-electron chi connectivity index (χ1n) is 3.77. The fraction of sp³-hybridized carbons (Fsp3) is 0.500. The summed E-state index contributed by atoms with van der Waals surface area (Å²) in [6.07, 6.45) is 0. The third-order valence-corrected chi connectivity index (χ3v) is 2.50. The van der Waals surface area contributed by atoms with Gasteiger partial charge < -0.3 is 10.6 Å². The Morgan fingerprint density at radius 3 is 2.82 bits per heavy atom. The molecule has 2 nitrogen and oxygen atoms in total. The zero-order valence-electron chi connectivity index (χ0n) is 6.98. The van der Waals surface area contributed by atoms with Crippen molar-refractivity contribution in [3.8, 4) is 0 Å². The SMILES string of the molecule is CNCCNc1sccc1C. The van der Waals surface area contributed by atoms with Crippen LogP contribution in [-0.4, -0.2) is 20.1 Å². The molecule has 2 N–H and O–H groups in total. The molecular weight excluding hydrogens is 156 g/mol. The molecule has 0 fully saturated rings. The summed E-state index contributed by atoms with van der Waals surface area (Å²) in [4.78, 5) is 0. The maximum Gasteiger partial charge on any atom is 0.0912 e. The lowest BCUT2D eigenvalue weighted by Crippen LogP contribution is -2.17. The van der Waals surface area contributed by atoms with Crippen molar-refractivity contribution in [1.29, 1.82) is 0 Å². The fourth-order valence-electron chi connectivity index (χ4n) is 0.855. The molecule has 0 atom stereocenters. The molecule has 1 rings (SSSR count). The Balaban J connectivity index is 2.32. The van der Waals surface area contributed by atoms with Crippen LogP contribution in [0.3, 0.4) is 0 Å². The number of rotatable bonds is 4. The molecule has 0 aromatic carbocycles. The van der Waals surface area contributed by atoms with Crippen LogP contribution < -0.4 is 10.6 Å². The van der Waals surface area contributed by atoms with Crippen LogP contribution in [0.5, 0.6) is 0 Å². The molecule has 62 valence electrons. The number of hydrogen-bond acceptors (Lipinski definition) is 3. The number of hydrogen-bond donors (Lipinski definition) is 2. The van der Waals surface area contributed by atoms with Gasteiger partial charge in [-0.15, -0.1) is 11.3 Å². The standard InChI is InChI=1S/C8H14N2S/c1-7-3-6-11-8(7)10-5-4-9-2/h3,6,9-10H,4-5H2,1-2H3. The maximum atomic E-state index is 3.35. The molecule has 0 bridgehead atoms. The Labute approximate surface area is 71.6 Å². The van der Waals surface area contributed by atoms with Gasteiger partial charge >= 0.3 is 0 Å². The van der Waals surface area contributed by atoms with E-state index in [-0.39, 0.29) is 0 Å². The lowest BCUT2D eigenvalue weighted by Gasteiger charge is -2.03. The summed E-state index contributed by atoms with van der Waals surface area (Å²) >= 11 is 1.76. The average molecular weight is 170 g/mol. The molecule has 3 heteroatoms. The van der Waals surface area contributed by atoms with Crippen LogP contribution in [0.4, 0.5) is 5.00 Å². The third-order valence-electron chi connectivity index (χ3n) is 1.52. The number of likely N-dealkylation sites (N-methyl/N-ethyl adjacent to an activating group) is 1. The number of anilines is 1. The summed E-state index contributed by atoms with van der Waals surface area (Å²) in [6, 6.07) is 2.13. The van der Waals surface area contributed by atoms with E-state index in [1.165, 1.54) is 10.6 Å². The molecule has 0 spiro atoms. The van der Waals surface area contributed by atoms with E-state index in [9.17, 15) is 0 Å². The summed E-state index contributed by atoms with van der Waals surface area (Å²) in [5, 5.41) is 9.84. The summed E-state index contributed by atoms with van der Waals surface area (Å²) in [6.45, 7) is 4.13. The summed E-state index contributed by atoms with van der Waals surface area (Å²) in [5.74, 6) is 0. The molecule has 0 radical (unpaired) electrons. The van der Waals surface area contributed by atoms with Crippen LogP contribution in [0.15, 0.2) is 11.4 Å². The van der Waals surface area contributed by atoms with Gasteiger partial charge in [-0.05, 0) is 31.0 Å². The Morgan fingerprint density at radius 2 is 2.27 bits per heavy atom. The second-order valence-electron chi connectivity index (χ2n) is 2.46. The first-order valence-corrected chi connectivity index (χ1v) is 4.65. The third kappa shape index (κ3) is 2.52. The fourth-order valence-corrected chi connectivity index (χ4v) is 1.70.